The summed E-state index contributed by atoms with van der Waals surface area (Å²) < 4.78 is 34.2. The third-order valence-corrected chi connectivity index (χ3v) is 9.82. The number of hydrogen-bond donors (Lipinski definition) is 1. The number of allylic oxidation sites excluding steroid dienone is 8. The summed E-state index contributed by atoms with van der Waals surface area (Å²) in [5.74, 6) is -0.834. The van der Waals surface area contributed by atoms with Crippen LogP contribution in [0, 0.1) is 0 Å². The standard InChI is InChI=1S/C44H80NO8P/c1-6-8-10-12-14-16-18-20-22-24-26-28-30-32-34-36-43(46)50-40-42(41-52-54(48,49)51-39-38-45(3,4)5)53-44(47)37-35-33-31-29-27-25-23-21-19-17-15-13-11-9-7-2/h14-17,20-23,42H,6-13,18-19,24-41H2,1-5H3/p+1/b16-14-,17-15-,22-20+,23-21+. The van der Waals surface area contributed by atoms with Gasteiger partial charge in [-0.05, 0) is 77.0 Å². The van der Waals surface area contributed by atoms with Gasteiger partial charge in [0, 0.05) is 12.8 Å². The number of esters is 2. The molecular formula is C44H81NO8P+. The van der Waals surface area contributed by atoms with Crippen LogP contribution in [0.5, 0.6) is 0 Å². The van der Waals surface area contributed by atoms with E-state index in [0.717, 1.165) is 83.5 Å². The summed E-state index contributed by atoms with van der Waals surface area (Å²) in [7, 11) is 1.45. The van der Waals surface area contributed by atoms with Gasteiger partial charge in [0.05, 0.1) is 27.7 Å². The maximum Gasteiger partial charge on any atom is 0.472 e. The first-order valence-electron chi connectivity index (χ1n) is 21.4. The number of ether oxygens (including phenoxy) is 2. The van der Waals surface area contributed by atoms with Crippen LogP contribution in [0.1, 0.15) is 168 Å². The Morgan fingerprint density at radius 2 is 1.00 bits per heavy atom. The highest BCUT2D eigenvalue weighted by Gasteiger charge is 2.27. The molecule has 0 aliphatic rings. The highest BCUT2D eigenvalue weighted by atomic mass is 31.2. The molecule has 0 fully saturated rings. The number of nitrogens with zero attached hydrogens (tertiary/aromatic N) is 1. The van der Waals surface area contributed by atoms with Crippen LogP contribution in [-0.4, -0.2) is 74.9 Å². The normalized spacial score (nSPS) is 14.1. The van der Waals surface area contributed by atoms with E-state index in [9.17, 15) is 19.0 Å². The Morgan fingerprint density at radius 1 is 0.574 bits per heavy atom. The zero-order chi connectivity index (χ0) is 40.0. The second-order valence-electron chi connectivity index (χ2n) is 15.4. The number of phosphoric acid groups is 1. The van der Waals surface area contributed by atoms with Crippen molar-refractivity contribution in [3.8, 4) is 0 Å². The Morgan fingerprint density at radius 3 is 1.46 bits per heavy atom. The first-order valence-corrected chi connectivity index (χ1v) is 22.9. The molecule has 0 saturated carbocycles. The van der Waals surface area contributed by atoms with Crippen LogP contribution in [0.3, 0.4) is 0 Å². The van der Waals surface area contributed by atoms with Gasteiger partial charge in [-0.2, -0.15) is 0 Å². The summed E-state index contributed by atoms with van der Waals surface area (Å²) in [6.45, 7) is 4.32. The van der Waals surface area contributed by atoms with Crippen LogP contribution in [0.2, 0.25) is 0 Å². The number of carbonyl (C=O) groups excluding carboxylic acids is 2. The van der Waals surface area contributed by atoms with Gasteiger partial charge in [-0.3, -0.25) is 18.6 Å². The molecule has 0 aromatic heterocycles. The number of phosphoric ester groups is 1. The van der Waals surface area contributed by atoms with Gasteiger partial charge in [0.25, 0.3) is 0 Å². The van der Waals surface area contributed by atoms with Crippen LogP contribution in [0.25, 0.3) is 0 Å². The molecule has 2 atom stereocenters. The van der Waals surface area contributed by atoms with E-state index in [0.29, 0.717) is 17.4 Å². The van der Waals surface area contributed by atoms with Gasteiger partial charge in [0.2, 0.25) is 0 Å². The molecule has 2 unspecified atom stereocenters. The maximum atomic E-state index is 12.7. The van der Waals surface area contributed by atoms with Gasteiger partial charge in [-0.15, -0.1) is 0 Å². The fourth-order valence-corrected chi connectivity index (χ4v) is 6.17. The molecule has 0 heterocycles. The highest BCUT2D eigenvalue weighted by Crippen LogP contribution is 2.43. The number of unbranched alkanes of at least 4 members (excludes halogenated alkanes) is 16. The summed E-state index contributed by atoms with van der Waals surface area (Å²) in [4.78, 5) is 35.3. The molecule has 314 valence electrons. The lowest BCUT2D eigenvalue weighted by Crippen LogP contribution is -2.37. The van der Waals surface area contributed by atoms with Gasteiger partial charge in [-0.1, -0.05) is 127 Å². The molecule has 0 rings (SSSR count). The van der Waals surface area contributed by atoms with Crippen molar-refractivity contribution in [2.24, 2.45) is 0 Å². The Bertz CT molecular complexity index is 1070. The minimum absolute atomic E-state index is 0.0249. The summed E-state index contributed by atoms with van der Waals surface area (Å²) in [5.41, 5.74) is 0. The monoisotopic (exact) mass is 783 g/mol. The molecule has 0 aliphatic carbocycles. The first kappa shape index (κ1) is 52.0. The molecule has 0 aliphatic heterocycles. The van der Waals surface area contributed by atoms with Crippen LogP contribution in [0.15, 0.2) is 48.6 Å². The van der Waals surface area contributed by atoms with Gasteiger partial charge in [0.1, 0.15) is 19.8 Å². The summed E-state index contributed by atoms with van der Waals surface area (Å²) in [5, 5.41) is 0. The fourth-order valence-electron chi connectivity index (χ4n) is 5.43. The molecular weight excluding hydrogens is 701 g/mol. The summed E-state index contributed by atoms with van der Waals surface area (Å²) in [6, 6.07) is 0. The average molecular weight is 783 g/mol. The van der Waals surface area contributed by atoms with Crippen molar-refractivity contribution in [1.29, 1.82) is 0 Å². The zero-order valence-electron chi connectivity index (χ0n) is 35.2. The van der Waals surface area contributed by atoms with Crippen molar-refractivity contribution < 1.29 is 42.1 Å². The van der Waals surface area contributed by atoms with Crippen LogP contribution in [-0.2, 0) is 32.7 Å². The molecule has 0 aromatic carbocycles. The Kier molecular flexibility index (Phi) is 35.2. The van der Waals surface area contributed by atoms with Gasteiger partial charge >= 0.3 is 19.8 Å². The molecule has 0 amide bonds. The van der Waals surface area contributed by atoms with Gasteiger partial charge in [-0.25, -0.2) is 4.57 Å². The van der Waals surface area contributed by atoms with Crippen LogP contribution >= 0.6 is 7.82 Å². The number of likely N-dealkylation sites (N-methyl/N-ethyl adjacent to an activating group) is 1. The van der Waals surface area contributed by atoms with Crippen molar-refractivity contribution in [2.75, 3.05) is 47.5 Å². The van der Waals surface area contributed by atoms with Crippen molar-refractivity contribution in [3.63, 3.8) is 0 Å². The number of hydrogen-bond acceptors (Lipinski definition) is 7. The van der Waals surface area contributed by atoms with E-state index in [1.54, 1.807) is 0 Å². The molecule has 0 bridgehead atoms. The van der Waals surface area contributed by atoms with Crippen molar-refractivity contribution in [2.45, 2.75) is 174 Å². The quantitative estimate of drug-likeness (QED) is 0.0217. The van der Waals surface area contributed by atoms with Gasteiger partial charge in [0.15, 0.2) is 6.10 Å². The van der Waals surface area contributed by atoms with Crippen molar-refractivity contribution >= 4 is 19.8 Å². The average Bonchev–Trinajstić information content (AvgIpc) is 3.12. The zero-order valence-corrected chi connectivity index (χ0v) is 36.1. The summed E-state index contributed by atoms with van der Waals surface area (Å²) in [6.07, 6.45) is 41.5. The van der Waals surface area contributed by atoms with E-state index in [1.165, 1.54) is 51.4 Å². The van der Waals surface area contributed by atoms with Crippen LogP contribution < -0.4 is 0 Å². The fraction of sp³-hybridized carbons (Fsp3) is 0.773. The van der Waals surface area contributed by atoms with E-state index in [1.807, 2.05) is 21.1 Å². The molecule has 9 nitrogen and oxygen atoms in total. The van der Waals surface area contributed by atoms with Crippen LogP contribution in [0.4, 0.5) is 0 Å². The second kappa shape index (κ2) is 36.6. The minimum Gasteiger partial charge on any atom is -0.462 e. The maximum absolute atomic E-state index is 12.7. The predicted octanol–water partition coefficient (Wildman–Crippen LogP) is 11.9. The predicted molar refractivity (Wildman–Crippen MR) is 224 cm³/mol. The summed E-state index contributed by atoms with van der Waals surface area (Å²) >= 11 is 0. The molecule has 1 N–H and O–H groups in total. The topological polar surface area (TPSA) is 108 Å². The minimum atomic E-state index is -4.38. The smallest absolute Gasteiger partial charge is 0.462 e. The van der Waals surface area contributed by atoms with Crippen molar-refractivity contribution in [1.82, 2.24) is 0 Å². The number of carbonyl (C=O) groups is 2. The number of rotatable bonds is 38. The van der Waals surface area contributed by atoms with E-state index in [2.05, 4.69) is 62.5 Å². The second-order valence-corrected chi connectivity index (χ2v) is 16.8. The highest BCUT2D eigenvalue weighted by molar-refractivity contribution is 7.47. The van der Waals surface area contributed by atoms with Gasteiger partial charge < -0.3 is 18.9 Å². The third-order valence-electron chi connectivity index (χ3n) is 8.83. The Hall–Kier alpha value is -2.03. The largest absolute Gasteiger partial charge is 0.472 e. The first-order chi connectivity index (χ1) is 26.0. The SMILES string of the molecule is CCCCC/C=C\C/C=C/CCCCCCCC(=O)OCC(COP(=O)(O)OCC[N+](C)(C)C)OC(=O)CCCCCCC/C=C/C/C=C\CCCCC. The number of quaternary nitrogens is 1. The molecule has 0 aromatic rings. The molecule has 54 heavy (non-hydrogen) atoms. The van der Waals surface area contributed by atoms with E-state index >= 15 is 0 Å². The van der Waals surface area contributed by atoms with Crippen molar-refractivity contribution in [3.05, 3.63) is 48.6 Å². The lowest BCUT2D eigenvalue weighted by Gasteiger charge is -2.24. The molecule has 0 radical (unpaired) electrons. The van der Waals surface area contributed by atoms with E-state index in [-0.39, 0.29) is 32.0 Å². The molecule has 0 saturated heterocycles. The van der Waals surface area contributed by atoms with E-state index in [4.69, 9.17) is 18.5 Å². The third kappa shape index (κ3) is 39.7. The lowest BCUT2D eigenvalue weighted by atomic mass is 10.1. The lowest BCUT2D eigenvalue weighted by molar-refractivity contribution is -0.870. The molecule has 0 spiro atoms. The van der Waals surface area contributed by atoms with E-state index < -0.39 is 26.5 Å². The Labute approximate surface area is 331 Å². The Balaban J connectivity index is 4.44. The molecule has 10 heteroatoms.